The van der Waals surface area contributed by atoms with Gasteiger partial charge in [-0.2, -0.15) is 0 Å². The number of phenols is 1. The molecule has 0 saturated carbocycles. The number of halogens is 1. The lowest BCUT2D eigenvalue weighted by molar-refractivity contribution is 0.419. The van der Waals surface area contributed by atoms with Crippen molar-refractivity contribution in [2.24, 2.45) is 0 Å². The monoisotopic (exact) mass is 390 g/mol. The van der Waals surface area contributed by atoms with E-state index >= 15 is 0 Å². The fourth-order valence-corrected chi connectivity index (χ4v) is 3.41. The molecule has 1 heterocycles. The van der Waals surface area contributed by atoms with E-state index in [1.165, 1.54) is 23.8 Å². The van der Waals surface area contributed by atoms with Crippen LogP contribution in [-0.4, -0.2) is 21.8 Å². The van der Waals surface area contributed by atoms with Crippen LogP contribution in [0.3, 0.4) is 0 Å². The van der Waals surface area contributed by atoms with Gasteiger partial charge in [-0.25, -0.2) is 9.37 Å². The number of methoxy groups -OCH3 is 1. The number of benzene rings is 3. The van der Waals surface area contributed by atoms with E-state index in [0.29, 0.717) is 34.5 Å². The molecule has 4 rings (SSSR count). The first-order chi connectivity index (χ1) is 14.1. The minimum absolute atomic E-state index is 0.0288. The predicted molar refractivity (Wildman–Crippen MR) is 110 cm³/mol. The normalized spacial score (nSPS) is 11.0. The average molecular weight is 390 g/mol. The molecule has 3 aromatic carbocycles. The molecule has 0 saturated heterocycles. The number of aryl methyl sites for hydroxylation is 1. The molecule has 1 aromatic heterocycles. The molecular formula is C23H19FN2O3. The number of phenolic OH excluding ortho intramolecular Hbond substituents is 1. The van der Waals surface area contributed by atoms with Crippen LogP contribution in [0.4, 0.5) is 4.39 Å². The number of nitrogens with zero attached hydrogens (tertiary/aromatic N) is 2. The maximum atomic E-state index is 13.5. The number of rotatable bonds is 5. The zero-order chi connectivity index (χ0) is 20.4. The minimum atomic E-state index is -0.325. The highest BCUT2D eigenvalue weighted by atomic mass is 19.1. The van der Waals surface area contributed by atoms with Crippen LogP contribution in [0.5, 0.6) is 11.5 Å². The summed E-state index contributed by atoms with van der Waals surface area (Å²) >= 11 is 0. The summed E-state index contributed by atoms with van der Waals surface area (Å²) in [6.45, 7) is 0.271. The molecule has 0 amide bonds. The number of hydrogen-bond acceptors (Lipinski definition) is 4. The first-order valence-corrected chi connectivity index (χ1v) is 9.19. The third-order valence-electron chi connectivity index (χ3n) is 4.82. The second-order valence-electron chi connectivity index (χ2n) is 6.64. The van der Waals surface area contributed by atoms with Crippen LogP contribution in [-0.2, 0) is 13.0 Å². The van der Waals surface area contributed by atoms with Crippen LogP contribution in [0.15, 0.2) is 71.5 Å². The Morgan fingerprint density at radius 2 is 1.86 bits per heavy atom. The molecule has 0 aliphatic carbocycles. The van der Waals surface area contributed by atoms with Crippen molar-refractivity contribution in [1.82, 2.24) is 9.55 Å². The van der Waals surface area contributed by atoms with Gasteiger partial charge >= 0.3 is 0 Å². The second kappa shape index (κ2) is 7.75. The Morgan fingerprint density at radius 3 is 2.62 bits per heavy atom. The average Bonchev–Trinajstić information content (AvgIpc) is 2.73. The van der Waals surface area contributed by atoms with E-state index in [1.807, 2.05) is 6.07 Å². The number of para-hydroxylation sites is 1. The summed E-state index contributed by atoms with van der Waals surface area (Å²) in [5.41, 5.74) is 1.42. The molecule has 0 aliphatic rings. The second-order valence-corrected chi connectivity index (χ2v) is 6.64. The molecule has 0 radical (unpaired) electrons. The van der Waals surface area contributed by atoms with Crippen molar-refractivity contribution in [2.45, 2.75) is 13.0 Å². The summed E-state index contributed by atoms with van der Waals surface area (Å²) in [6, 6.07) is 18.2. The van der Waals surface area contributed by atoms with Gasteiger partial charge in [-0.15, -0.1) is 0 Å². The maximum absolute atomic E-state index is 13.5. The predicted octanol–water partition coefficient (Wildman–Crippen LogP) is 4.16. The van der Waals surface area contributed by atoms with Crippen molar-refractivity contribution in [3.8, 4) is 22.9 Å². The lowest BCUT2D eigenvalue weighted by Gasteiger charge is -2.16. The quantitative estimate of drug-likeness (QED) is 0.556. The summed E-state index contributed by atoms with van der Waals surface area (Å²) in [5.74, 6) is 0.490. The van der Waals surface area contributed by atoms with Gasteiger partial charge in [-0.1, -0.05) is 30.3 Å². The Morgan fingerprint density at radius 1 is 1.07 bits per heavy atom. The number of fused-ring (bicyclic) bond motifs is 1. The molecule has 6 heteroatoms. The highest BCUT2D eigenvalue weighted by Crippen LogP contribution is 2.29. The largest absolute Gasteiger partial charge is 0.507 e. The molecule has 0 fully saturated rings. The fourth-order valence-electron chi connectivity index (χ4n) is 3.41. The van der Waals surface area contributed by atoms with Gasteiger partial charge in [0.2, 0.25) is 0 Å². The van der Waals surface area contributed by atoms with E-state index in [2.05, 4.69) is 4.98 Å². The fraction of sp³-hybridized carbons (Fsp3) is 0.130. The Bertz CT molecular complexity index is 1250. The number of aromatic nitrogens is 2. The molecular weight excluding hydrogens is 371 g/mol. The van der Waals surface area contributed by atoms with Crippen molar-refractivity contribution < 1.29 is 14.2 Å². The van der Waals surface area contributed by atoms with Crippen LogP contribution < -0.4 is 10.3 Å². The molecule has 0 atom stereocenters. The number of hydrogen-bond donors (Lipinski definition) is 1. The summed E-state index contributed by atoms with van der Waals surface area (Å²) in [6.07, 6.45) is 0.431. The van der Waals surface area contributed by atoms with E-state index in [0.717, 1.165) is 5.56 Å². The molecule has 0 spiro atoms. The maximum Gasteiger partial charge on any atom is 0.265 e. The van der Waals surface area contributed by atoms with Gasteiger partial charge in [0, 0.05) is 6.54 Å². The summed E-state index contributed by atoms with van der Waals surface area (Å²) in [4.78, 5) is 18.0. The molecule has 0 bridgehead atoms. The summed E-state index contributed by atoms with van der Waals surface area (Å²) in [5, 5.41) is 10.7. The molecule has 5 nitrogen and oxygen atoms in total. The lowest BCUT2D eigenvalue weighted by atomic mass is 10.1. The van der Waals surface area contributed by atoms with E-state index in [1.54, 1.807) is 48.5 Å². The highest BCUT2D eigenvalue weighted by molar-refractivity contribution is 5.86. The van der Waals surface area contributed by atoms with E-state index in [-0.39, 0.29) is 23.7 Å². The third-order valence-corrected chi connectivity index (χ3v) is 4.82. The van der Waals surface area contributed by atoms with Crippen molar-refractivity contribution in [2.75, 3.05) is 7.11 Å². The topological polar surface area (TPSA) is 64.3 Å². The Labute approximate surface area is 166 Å². The van der Waals surface area contributed by atoms with E-state index in [9.17, 15) is 14.3 Å². The first kappa shape index (κ1) is 18.7. The molecule has 146 valence electrons. The molecule has 0 unspecified atom stereocenters. The molecule has 4 aromatic rings. The Kier molecular flexibility index (Phi) is 4.99. The van der Waals surface area contributed by atoms with Crippen molar-refractivity contribution >= 4 is 10.9 Å². The van der Waals surface area contributed by atoms with Gasteiger partial charge in [-0.3, -0.25) is 9.36 Å². The standard InChI is InChI=1S/C23H19FN2O3/c1-29-20-11-5-9-18-21(20)23(28)26(13-12-15-6-4-7-16(24)14-15)22(25-18)17-8-2-3-10-19(17)27/h2-11,14,27H,12-13H2,1H3. The Balaban J connectivity index is 1.91. The van der Waals surface area contributed by atoms with Gasteiger partial charge in [0.15, 0.2) is 0 Å². The van der Waals surface area contributed by atoms with Crippen LogP contribution in [0.25, 0.3) is 22.3 Å². The minimum Gasteiger partial charge on any atom is -0.507 e. The van der Waals surface area contributed by atoms with Crippen LogP contribution in [0.2, 0.25) is 0 Å². The van der Waals surface area contributed by atoms with Gasteiger partial charge in [0.05, 0.1) is 18.2 Å². The molecule has 0 aliphatic heterocycles. The molecule has 1 N–H and O–H groups in total. The zero-order valence-corrected chi connectivity index (χ0v) is 15.8. The smallest absolute Gasteiger partial charge is 0.265 e. The van der Waals surface area contributed by atoms with E-state index in [4.69, 9.17) is 4.74 Å². The Hall–Kier alpha value is -3.67. The van der Waals surface area contributed by atoms with E-state index < -0.39 is 0 Å². The zero-order valence-electron chi connectivity index (χ0n) is 15.8. The first-order valence-electron chi connectivity index (χ1n) is 9.19. The van der Waals surface area contributed by atoms with Gasteiger partial charge in [0.25, 0.3) is 5.56 Å². The van der Waals surface area contributed by atoms with Crippen molar-refractivity contribution in [3.63, 3.8) is 0 Å². The van der Waals surface area contributed by atoms with Crippen LogP contribution >= 0.6 is 0 Å². The van der Waals surface area contributed by atoms with Crippen LogP contribution in [0.1, 0.15) is 5.56 Å². The highest BCUT2D eigenvalue weighted by Gasteiger charge is 2.17. The molecule has 29 heavy (non-hydrogen) atoms. The summed E-state index contributed by atoms with van der Waals surface area (Å²) in [7, 11) is 1.50. The number of ether oxygens (including phenoxy) is 1. The van der Waals surface area contributed by atoms with Crippen LogP contribution in [0, 0.1) is 5.82 Å². The third kappa shape index (κ3) is 3.57. The van der Waals surface area contributed by atoms with Gasteiger partial charge in [0.1, 0.15) is 28.5 Å². The number of aromatic hydroxyl groups is 1. The van der Waals surface area contributed by atoms with Gasteiger partial charge < -0.3 is 9.84 Å². The van der Waals surface area contributed by atoms with Gasteiger partial charge in [-0.05, 0) is 48.4 Å². The van der Waals surface area contributed by atoms with Crippen molar-refractivity contribution in [1.29, 1.82) is 0 Å². The summed E-state index contributed by atoms with van der Waals surface area (Å²) < 4.78 is 20.4. The SMILES string of the molecule is COc1cccc2nc(-c3ccccc3O)n(CCc3cccc(F)c3)c(=O)c12. The lowest BCUT2D eigenvalue weighted by Crippen LogP contribution is -2.25. The van der Waals surface area contributed by atoms with Crippen molar-refractivity contribution in [3.05, 3.63) is 88.5 Å².